The van der Waals surface area contributed by atoms with Crippen molar-refractivity contribution in [2.24, 2.45) is 16.7 Å². The number of hydrogen-bond donors (Lipinski definition) is 1. The largest absolute Gasteiger partial charge is 0.481 e. The zero-order chi connectivity index (χ0) is 13.4. The van der Waals surface area contributed by atoms with Crippen LogP contribution in [-0.4, -0.2) is 18.6 Å². The number of rotatable bonds is 5. The normalized spacial score (nSPS) is 20.7. The Morgan fingerprint density at radius 2 is 1.89 bits per heavy atom. The van der Waals surface area contributed by atoms with Crippen molar-refractivity contribution in [1.82, 2.24) is 10.3 Å². The third-order valence-electron chi connectivity index (χ3n) is 5.00. The van der Waals surface area contributed by atoms with Gasteiger partial charge in [0.25, 0.3) is 0 Å². The van der Waals surface area contributed by atoms with Crippen molar-refractivity contribution < 1.29 is 4.74 Å². The fourth-order valence-electron chi connectivity index (χ4n) is 2.84. The Morgan fingerprint density at radius 3 is 2.33 bits per heavy atom. The standard InChI is InChI=1S/C15H24N2O/c1-14(2)12(15(14,3)4)10-16-8-11-6-7-13(18-5)17-9-11/h6-7,9,12,16H,8,10H2,1-5H3. The Kier molecular flexibility index (Phi) is 3.37. The molecule has 18 heavy (non-hydrogen) atoms. The van der Waals surface area contributed by atoms with E-state index in [4.69, 9.17) is 4.74 Å². The summed E-state index contributed by atoms with van der Waals surface area (Å²) in [5.74, 6) is 1.43. The maximum absolute atomic E-state index is 5.04. The predicted octanol–water partition coefficient (Wildman–Crippen LogP) is 2.86. The molecule has 1 heterocycles. The van der Waals surface area contributed by atoms with Crippen LogP contribution in [-0.2, 0) is 6.54 Å². The van der Waals surface area contributed by atoms with Crippen LogP contribution < -0.4 is 10.1 Å². The summed E-state index contributed by atoms with van der Waals surface area (Å²) >= 11 is 0. The van der Waals surface area contributed by atoms with Crippen LogP contribution in [0.15, 0.2) is 18.3 Å². The molecule has 1 N–H and O–H groups in total. The topological polar surface area (TPSA) is 34.1 Å². The van der Waals surface area contributed by atoms with Gasteiger partial charge in [0, 0.05) is 18.8 Å². The highest BCUT2D eigenvalue weighted by Gasteiger charge is 2.63. The van der Waals surface area contributed by atoms with Gasteiger partial charge >= 0.3 is 0 Å². The highest BCUT2D eigenvalue weighted by Crippen LogP contribution is 2.67. The van der Waals surface area contributed by atoms with Crippen molar-refractivity contribution in [2.45, 2.75) is 34.2 Å². The average molecular weight is 248 g/mol. The molecule has 1 aromatic rings. The minimum Gasteiger partial charge on any atom is -0.481 e. The SMILES string of the molecule is COc1ccc(CNCC2C(C)(C)C2(C)C)cn1. The fraction of sp³-hybridized carbons (Fsp3) is 0.667. The monoisotopic (exact) mass is 248 g/mol. The van der Waals surface area contributed by atoms with Gasteiger partial charge in [-0.15, -0.1) is 0 Å². The molecule has 2 rings (SSSR count). The van der Waals surface area contributed by atoms with Crippen LogP contribution >= 0.6 is 0 Å². The van der Waals surface area contributed by atoms with E-state index in [1.54, 1.807) is 7.11 Å². The highest BCUT2D eigenvalue weighted by atomic mass is 16.5. The number of methoxy groups -OCH3 is 1. The van der Waals surface area contributed by atoms with Crippen molar-refractivity contribution in [1.29, 1.82) is 0 Å². The Bertz CT molecular complexity index is 395. The molecule has 0 radical (unpaired) electrons. The van der Waals surface area contributed by atoms with Crippen LogP contribution in [0, 0.1) is 16.7 Å². The van der Waals surface area contributed by atoms with Gasteiger partial charge in [-0.05, 0) is 28.9 Å². The van der Waals surface area contributed by atoms with Gasteiger partial charge in [0.1, 0.15) is 0 Å². The summed E-state index contributed by atoms with van der Waals surface area (Å²) in [7, 11) is 1.64. The smallest absolute Gasteiger partial charge is 0.212 e. The third-order valence-corrected chi connectivity index (χ3v) is 5.00. The second-order valence-corrected chi connectivity index (χ2v) is 6.34. The van der Waals surface area contributed by atoms with Gasteiger partial charge in [-0.3, -0.25) is 0 Å². The number of nitrogens with zero attached hydrogens (tertiary/aromatic N) is 1. The zero-order valence-corrected chi connectivity index (χ0v) is 12.1. The van der Waals surface area contributed by atoms with Gasteiger partial charge in [-0.2, -0.15) is 0 Å². The summed E-state index contributed by atoms with van der Waals surface area (Å²) in [6.45, 7) is 11.4. The first kappa shape index (κ1) is 13.3. The van der Waals surface area contributed by atoms with E-state index in [0.29, 0.717) is 16.7 Å². The van der Waals surface area contributed by atoms with Crippen LogP contribution in [0.4, 0.5) is 0 Å². The summed E-state index contributed by atoms with van der Waals surface area (Å²) in [5.41, 5.74) is 2.11. The summed E-state index contributed by atoms with van der Waals surface area (Å²) < 4.78 is 5.04. The number of pyridine rings is 1. The van der Waals surface area contributed by atoms with E-state index in [1.165, 1.54) is 5.56 Å². The first-order valence-corrected chi connectivity index (χ1v) is 6.59. The van der Waals surface area contributed by atoms with E-state index in [1.807, 2.05) is 12.3 Å². The molecule has 1 aliphatic carbocycles. The van der Waals surface area contributed by atoms with Crippen LogP contribution in [0.5, 0.6) is 5.88 Å². The zero-order valence-electron chi connectivity index (χ0n) is 12.1. The molecule has 0 aromatic carbocycles. The molecule has 1 fully saturated rings. The molecule has 100 valence electrons. The first-order chi connectivity index (χ1) is 8.39. The average Bonchev–Trinajstić information content (AvgIpc) is 2.72. The minimum atomic E-state index is 0.457. The molecule has 0 saturated heterocycles. The summed E-state index contributed by atoms with van der Waals surface area (Å²) in [6, 6.07) is 3.96. The van der Waals surface area contributed by atoms with Gasteiger partial charge in [0.05, 0.1) is 7.11 Å². The van der Waals surface area contributed by atoms with Crippen molar-refractivity contribution in [3.63, 3.8) is 0 Å². The van der Waals surface area contributed by atoms with Gasteiger partial charge in [-0.1, -0.05) is 33.8 Å². The van der Waals surface area contributed by atoms with E-state index in [2.05, 4.69) is 44.1 Å². The number of hydrogen-bond acceptors (Lipinski definition) is 3. The number of nitrogens with one attached hydrogen (secondary N) is 1. The molecule has 0 unspecified atom stereocenters. The van der Waals surface area contributed by atoms with Crippen LogP contribution in [0.2, 0.25) is 0 Å². The molecule has 3 nitrogen and oxygen atoms in total. The van der Waals surface area contributed by atoms with E-state index in [9.17, 15) is 0 Å². The number of aromatic nitrogens is 1. The Balaban J connectivity index is 1.79. The fourth-order valence-corrected chi connectivity index (χ4v) is 2.84. The van der Waals surface area contributed by atoms with Crippen molar-refractivity contribution in [3.8, 4) is 5.88 Å². The second kappa shape index (κ2) is 4.54. The highest BCUT2D eigenvalue weighted by molar-refractivity contribution is 5.18. The Morgan fingerprint density at radius 1 is 1.22 bits per heavy atom. The lowest BCUT2D eigenvalue weighted by atomic mass is 10.0. The Hall–Kier alpha value is -1.09. The quantitative estimate of drug-likeness (QED) is 0.870. The Labute approximate surface area is 110 Å². The molecule has 0 aliphatic heterocycles. The van der Waals surface area contributed by atoms with Crippen molar-refractivity contribution in [3.05, 3.63) is 23.9 Å². The third kappa shape index (κ3) is 2.24. The van der Waals surface area contributed by atoms with E-state index in [0.717, 1.165) is 19.0 Å². The summed E-state index contributed by atoms with van der Waals surface area (Å²) in [4.78, 5) is 4.21. The molecule has 1 aromatic heterocycles. The predicted molar refractivity (Wildman–Crippen MR) is 73.5 cm³/mol. The summed E-state index contributed by atoms with van der Waals surface area (Å²) in [5, 5.41) is 3.53. The maximum atomic E-state index is 5.04. The first-order valence-electron chi connectivity index (χ1n) is 6.59. The number of ether oxygens (including phenoxy) is 1. The second-order valence-electron chi connectivity index (χ2n) is 6.34. The van der Waals surface area contributed by atoms with Gasteiger partial charge < -0.3 is 10.1 Å². The summed E-state index contributed by atoms with van der Waals surface area (Å²) in [6.07, 6.45) is 1.87. The molecule has 0 amide bonds. The van der Waals surface area contributed by atoms with Crippen molar-refractivity contribution >= 4 is 0 Å². The van der Waals surface area contributed by atoms with Gasteiger partial charge in [0.2, 0.25) is 5.88 Å². The molecule has 0 atom stereocenters. The lowest BCUT2D eigenvalue weighted by molar-refractivity contribution is 0.397. The molecule has 1 aliphatic rings. The molecule has 0 bridgehead atoms. The van der Waals surface area contributed by atoms with Crippen LogP contribution in [0.25, 0.3) is 0 Å². The van der Waals surface area contributed by atoms with Crippen molar-refractivity contribution in [2.75, 3.05) is 13.7 Å². The van der Waals surface area contributed by atoms with Crippen LogP contribution in [0.1, 0.15) is 33.3 Å². The van der Waals surface area contributed by atoms with E-state index < -0.39 is 0 Å². The van der Waals surface area contributed by atoms with E-state index in [-0.39, 0.29) is 0 Å². The molecule has 0 spiro atoms. The van der Waals surface area contributed by atoms with Gasteiger partial charge in [-0.25, -0.2) is 4.98 Å². The van der Waals surface area contributed by atoms with Gasteiger partial charge in [0.15, 0.2) is 0 Å². The van der Waals surface area contributed by atoms with E-state index >= 15 is 0 Å². The molecular weight excluding hydrogens is 224 g/mol. The molecule has 1 saturated carbocycles. The maximum Gasteiger partial charge on any atom is 0.212 e. The molecular formula is C15H24N2O. The lowest BCUT2D eigenvalue weighted by Crippen LogP contribution is -2.18. The van der Waals surface area contributed by atoms with Crippen LogP contribution in [0.3, 0.4) is 0 Å². The minimum absolute atomic E-state index is 0.457. The lowest BCUT2D eigenvalue weighted by Gasteiger charge is -2.06. The molecule has 3 heteroatoms.